The minimum Gasteiger partial charge on any atom is -0.500 e. The highest BCUT2D eigenvalue weighted by molar-refractivity contribution is 5.08. The van der Waals surface area contributed by atoms with E-state index in [0.717, 1.165) is 5.56 Å². The van der Waals surface area contributed by atoms with Crippen LogP contribution in [0.2, 0.25) is 0 Å². The Morgan fingerprint density at radius 2 is 2.38 bits per heavy atom. The van der Waals surface area contributed by atoms with Crippen LogP contribution in [-0.2, 0) is 11.3 Å². The lowest BCUT2D eigenvalue weighted by molar-refractivity contribution is 0.271. The van der Waals surface area contributed by atoms with Crippen LogP contribution in [0.15, 0.2) is 35.5 Å². The molecule has 0 fully saturated rings. The number of aryl methyl sites for hydroxylation is 1. The molecule has 0 radical (unpaired) electrons. The van der Waals surface area contributed by atoms with Gasteiger partial charge in [-0.3, -0.25) is 4.79 Å². The Labute approximate surface area is 77.3 Å². The van der Waals surface area contributed by atoms with E-state index in [1.165, 1.54) is 0 Å². The third kappa shape index (κ3) is 2.47. The average molecular weight is 179 g/mol. The molecule has 0 aliphatic carbocycles. The maximum Gasteiger partial charge on any atom is 0.251 e. The van der Waals surface area contributed by atoms with Crippen molar-refractivity contribution in [1.29, 1.82) is 0 Å². The number of ether oxygens (including phenoxy) is 1. The second kappa shape index (κ2) is 3.94. The van der Waals surface area contributed by atoms with E-state index in [4.69, 9.17) is 4.74 Å². The Hall–Kier alpha value is -1.51. The first kappa shape index (κ1) is 9.58. The van der Waals surface area contributed by atoms with E-state index in [1.54, 1.807) is 23.9 Å². The molecule has 1 aromatic rings. The van der Waals surface area contributed by atoms with E-state index < -0.39 is 0 Å². The zero-order chi connectivity index (χ0) is 9.84. The van der Waals surface area contributed by atoms with Crippen molar-refractivity contribution in [2.24, 2.45) is 0 Å². The van der Waals surface area contributed by atoms with Crippen molar-refractivity contribution in [3.05, 3.63) is 46.6 Å². The van der Waals surface area contributed by atoms with Crippen LogP contribution >= 0.6 is 0 Å². The average Bonchev–Trinajstić information content (AvgIpc) is 2.09. The van der Waals surface area contributed by atoms with Gasteiger partial charge in [0.05, 0.1) is 13.7 Å². The standard InChI is InChI=1S/C10H13NO2/c1-8-4-5-11(10(12)6-8)7-9(2)13-3/h4-6H,2,7H2,1,3H3. The normalized spacial score (nSPS) is 9.69. The zero-order valence-corrected chi connectivity index (χ0v) is 7.91. The molecule has 0 N–H and O–H groups in total. The smallest absolute Gasteiger partial charge is 0.251 e. The molecule has 1 aromatic heterocycles. The monoisotopic (exact) mass is 179 g/mol. The zero-order valence-electron chi connectivity index (χ0n) is 7.91. The van der Waals surface area contributed by atoms with Gasteiger partial charge in [-0.15, -0.1) is 0 Å². The van der Waals surface area contributed by atoms with Crippen LogP contribution in [0.5, 0.6) is 0 Å². The highest BCUT2D eigenvalue weighted by atomic mass is 16.5. The molecule has 0 aliphatic heterocycles. The molecular weight excluding hydrogens is 166 g/mol. The summed E-state index contributed by atoms with van der Waals surface area (Å²) in [6.07, 6.45) is 1.74. The van der Waals surface area contributed by atoms with Gasteiger partial charge in [0.15, 0.2) is 0 Å². The number of hydrogen-bond donors (Lipinski definition) is 0. The number of hydrogen-bond acceptors (Lipinski definition) is 2. The molecule has 0 amide bonds. The number of allylic oxidation sites excluding steroid dienone is 1. The Balaban J connectivity index is 2.90. The molecule has 0 bridgehead atoms. The summed E-state index contributed by atoms with van der Waals surface area (Å²) >= 11 is 0. The molecule has 1 heterocycles. The van der Waals surface area contributed by atoms with Gasteiger partial charge in [-0.1, -0.05) is 6.58 Å². The third-order valence-corrected chi connectivity index (χ3v) is 1.79. The van der Waals surface area contributed by atoms with Gasteiger partial charge < -0.3 is 9.30 Å². The van der Waals surface area contributed by atoms with Crippen molar-refractivity contribution in [2.45, 2.75) is 13.5 Å². The molecule has 0 saturated carbocycles. The van der Waals surface area contributed by atoms with Crippen LogP contribution in [-0.4, -0.2) is 11.7 Å². The van der Waals surface area contributed by atoms with Gasteiger partial charge in [-0.25, -0.2) is 0 Å². The summed E-state index contributed by atoms with van der Waals surface area (Å²) in [5.41, 5.74) is 0.933. The molecule has 3 nitrogen and oxygen atoms in total. The van der Waals surface area contributed by atoms with E-state index >= 15 is 0 Å². The van der Waals surface area contributed by atoms with Gasteiger partial charge in [0.1, 0.15) is 5.76 Å². The number of rotatable bonds is 3. The Morgan fingerprint density at radius 3 is 2.92 bits per heavy atom. The Morgan fingerprint density at radius 1 is 1.69 bits per heavy atom. The summed E-state index contributed by atoms with van der Waals surface area (Å²) < 4.78 is 6.44. The Kier molecular flexibility index (Phi) is 2.90. The predicted molar refractivity (Wildman–Crippen MR) is 51.6 cm³/mol. The largest absolute Gasteiger partial charge is 0.500 e. The highest BCUT2D eigenvalue weighted by Crippen LogP contribution is 1.96. The first-order valence-corrected chi connectivity index (χ1v) is 4.02. The fourth-order valence-electron chi connectivity index (χ4n) is 0.992. The molecule has 1 rings (SSSR count). The summed E-state index contributed by atoms with van der Waals surface area (Å²) in [7, 11) is 1.54. The fraction of sp³-hybridized carbons (Fsp3) is 0.300. The molecule has 0 aliphatic rings. The van der Waals surface area contributed by atoms with Crippen molar-refractivity contribution in [3.8, 4) is 0 Å². The maximum atomic E-state index is 11.4. The molecule has 13 heavy (non-hydrogen) atoms. The number of pyridine rings is 1. The minimum atomic E-state index is -0.0294. The lowest BCUT2D eigenvalue weighted by Crippen LogP contribution is -2.19. The van der Waals surface area contributed by atoms with Crippen LogP contribution in [0.3, 0.4) is 0 Å². The van der Waals surface area contributed by atoms with E-state index in [1.807, 2.05) is 13.0 Å². The van der Waals surface area contributed by atoms with Crippen molar-refractivity contribution in [2.75, 3.05) is 7.11 Å². The van der Waals surface area contributed by atoms with Gasteiger partial charge in [0.2, 0.25) is 0 Å². The van der Waals surface area contributed by atoms with Crippen LogP contribution in [0, 0.1) is 6.92 Å². The van der Waals surface area contributed by atoms with E-state index in [9.17, 15) is 4.79 Å². The Bertz CT molecular complexity index is 365. The van der Waals surface area contributed by atoms with Crippen molar-refractivity contribution in [3.63, 3.8) is 0 Å². The van der Waals surface area contributed by atoms with Crippen molar-refractivity contribution < 1.29 is 4.74 Å². The molecule has 0 saturated heterocycles. The van der Waals surface area contributed by atoms with Crippen LogP contribution in [0.4, 0.5) is 0 Å². The van der Waals surface area contributed by atoms with E-state index in [-0.39, 0.29) is 5.56 Å². The van der Waals surface area contributed by atoms with E-state index in [0.29, 0.717) is 12.3 Å². The second-order valence-electron chi connectivity index (χ2n) is 2.91. The lowest BCUT2D eigenvalue weighted by Gasteiger charge is -2.06. The predicted octanol–water partition coefficient (Wildman–Crippen LogP) is 1.32. The van der Waals surface area contributed by atoms with Gasteiger partial charge in [0.25, 0.3) is 5.56 Å². The summed E-state index contributed by atoms with van der Waals surface area (Å²) in [6.45, 7) is 5.95. The van der Waals surface area contributed by atoms with Crippen LogP contribution in [0.25, 0.3) is 0 Å². The summed E-state index contributed by atoms with van der Waals surface area (Å²) in [5.74, 6) is 0.575. The van der Waals surface area contributed by atoms with Crippen LogP contribution < -0.4 is 5.56 Å². The molecular formula is C10H13NO2. The number of aromatic nitrogens is 1. The van der Waals surface area contributed by atoms with Gasteiger partial charge in [0, 0.05) is 12.3 Å². The third-order valence-electron chi connectivity index (χ3n) is 1.79. The first-order valence-electron chi connectivity index (χ1n) is 4.02. The fourth-order valence-corrected chi connectivity index (χ4v) is 0.992. The minimum absolute atomic E-state index is 0.0294. The summed E-state index contributed by atoms with van der Waals surface area (Å²) in [4.78, 5) is 11.4. The lowest BCUT2D eigenvalue weighted by atomic mass is 10.3. The molecule has 0 spiro atoms. The van der Waals surface area contributed by atoms with Gasteiger partial charge >= 0.3 is 0 Å². The summed E-state index contributed by atoms with van der Waals surface area (Å²) in [6, 6.07) is 3.47. The number of nitrogens with zero attached hydrogens (tertiary/aromatic N) is 1. The molecule has 3 heteroatoms. The maximum absolute atomic E-state index is 11.4. The van der Waals surface area contributed by atoms with E-state index in [2.05, 4.69) is 6.58 Å². The highest BCUT2D eigenvalue weighted by Gasteiger charge is 1.97. The summed E-state index contributed by atoms with van der Waals surface area (Å²) in [5, 5.41) is 0. The van der Waals surface area contributed by atoms with Crippen LogP contribution in [0.1, 0.15) is 5.56 Å². The second-order valence-corrected chi connectivity index (χ2v) is 2.91. The van der Waals surface area contributed by atoms with Crippen molar-refractivity contribution >= 4 is 0 Å². The molecule has 0 atom stereocenters. The first-order chi connectivity index (χ1) is 6.13. The van der Waals surface area contributed by atoms with Crippen molar-refractivity contribution in [1.82, 2.24) is 4.57 Å². The molecule has 0 unspecified atom stereocenters. The van der Waals surface area contributed by atoms with Gasteiger partial charge in [-0.2, -0.15) is 0 Å². The number of methoxy groups -OCH3 is 1. The van der Waals surface area contributed by atoms with Gasteiger partial charge in [-0.05, 0) is 18.6 Å². The SMILES string of the molecule is C=C(Cn1ccc(C)cc1=O)OC. The topological polar surface area (TPSA) is 31.2 Å². The quantitative estimate of drug-likeness (QED) is 0.655. The molecule has 0 aromatic carbocycles. The molecule has 70 valence electrons.